The first-order valence-electron chi connectivity index (χ1n) is 4.95. The molecule has 1 aliphatic heterocycles. The lowest BCUT2D eigenvalue weighted by atomic mass is 10.3. The first-order chi connectivity index (χ1) is 7.18. The molecule has 0 atom stereocenters. The number of amides is 1. The number of nitrogens with zero attached hydrogens (tertiary/aromatic N) is 2. The summed E-state index contributed by atoms with van der Waals surface area (Å²) < 4.78 is 2.70. The molecular formula is C10H13BrN2O2. The molecule has 15 heavy (non-hydrogen) atoms. The van der Waals surface area contributed by atoms with Crippen molar-refractivity contribution in [3.8, 4) is 0 Å². The van der Waals surface area contributed by atoms with Gasteiger partial charge in [0.1, 0.15) is 5.69 Å². The van der Waals surface area contributed by atoms with Crippen LogP contribution in [-0.2, 0) is 11.9 Å². The van der Waals surface area contributed by atoms with Crippen molar-refractivity contribution in [3.05, 3.63) is 22.4 Å². The minimum absolute atomic E-state index is 0.0668. The molecule has 82 valence electrons. The molecule has 4 nitrogen and oxygen atoms in total. The van der Waals surface area contributed by atoms with Crippen LogP contribution in [0.5, 0.6) is 0 Å². The lowest BCUT2D eigenvalue weighted by Gasteiger charge is -2.25. The van der Waals surface area contributed by atoms with Crippen LogP contribution in [0.4, 0.5) is 0 Å². The van der Waals surface area contributed by atoms with Crippen LogP contribution in [0.25, 0.3) is 0 Å². The van der Waals surface area contributed by atoms with Crippen LogP contribution in [0.1, 0.15) is 23.3 Å². The first-order valence-corrected chi connectivity index (χ1v) is 5.74. The zero-order valence-corrected chi connectivity index (χ0v) is 10.2. The van der Waals surface area contributed by atoms with Gasteiger partial charge in [-0.2, -0.15) is 0 Å². The van der Waals surface area contributed by atoms with Crippen molar-refractivity contribution in [2.24, 2.45) is 7.05 Å². The van der Waals surface area contributed by atoms with Gasteiger partial charge in [-0.25, -0.2) is 5.06 Å². The van der Waals surface area contributed by atoms with E-state index in [-0.39, 0.29) is 5.91 Å². The highest BCUT2D eigenvalue weighted by molar-refractivity contribution is 9.10. The van der Waals surface area contributed by atoms with Crippen molar-refractivity contribution in [2.75, 3.05) is 13.2 Å². The molecule has 1 aliphatic rings. The van der Waals surface area contributed by atoms with E-state index in [0.29, 0.717) is 18.8 Å². The number of halogens is 1. The summed E-state index contributed by atoms with van der Waals surface area (Å²) in [5.41, 5.74) is 0.642. The van der Waals surface area contributed by atoms with E-state index >= 15 is 0 Å². The highest BCUT2D eigenvalue weighted by Gasteiger charge is 2.21. The lowest BCUT2D eigenvalue weighted by Crippen LogP contribution is -2.36. The number of carbonyl (C=O) groups is 1. The molecule has 1 saturated heterocycles. The van der Waals surface area contributed by atoms with Crippen LogP contribution in [-0.4, -0.2) is 28.7 Å². The molecule has 0 N–H and O–H groups in total. The lowest BCUT2D eigenvalue weighted by molar-refractivity contribution is -0.144. The molecular weight excluding hydrogens is 260 g/mol. The molecule has 2 rings (SSSR count). The molecule has 5 heteroatoms. The summed E-state index contributed by atoms with van der Waals surface area (Å²) in [5, 5.41) is 1.45. The Hall–Kier alpha value is -0.810. The maximum atomic E-state index is 12.0. The molecule has 2 heterocycles. The van der Waals surface area contributed by atoms with Crippen molar-refractivity contribution in [1.82, 2.24) is 9.63 Å². The third-order valence-corrected chi connectivity index (χ3v) is 2.85. The second-order valence-electron chi connectivity index (χ2n) is 3.60. The molecule has 1 fully saturated rings. The maximum absolute atomic E-state index is 12.0. The second-order valence-corrected chi connectivity index (χ2v) is 4.52. The number of hydroxylamine groups is 2. The van der Waals surface area contributed by atoms with Gasteiger partial charge in [0.15, 0.2) is 0 Å². The van der Waals surface area contributed by atoms with Gasteiger partial charge < -0.3 is 4.57 Å². The molecule has 0 aliphatic carbocycles. The summed E-state index contributed by atoms with van der Waals surface area (Å²) >= 11 is 3.34. The SMILES string of the molecule is Cn1cc(Br)cc1C(=O)N1CCCCO1. The van der Waals surface area contributed by atoms with Gasteiger partial charge in [0.05, 0.1) is 6.61 Å². The van der Waals surface area contributed by atoms with Gasteiger partial charge in [-0.05, 0) is 34.8 Å². The number of rotatable bonds is 1. The fourth-order valence-electron chi connectivity index (χ4n) is 1.62. The van der Waals surface area contributed by atoms with E-state index in [1.165, 1.54) is 5.06 Å². The minimum Gasteiger partial charge on any atom is -0.345 e. The first kappa shape index (κ1) is 10.7. The van der Waals surface area contributed by atoms with E-state index in [1.807, 2.05) is 13.2 Å². The molecule has 0 aromatic carbocycles. The van der Waals surface area contributed by atoms with E-state index in [9.17, 15) is 4.79 Å². The quantitative estimate of drug-likeness (QED) is 0.783. The highest BCUT2D eigenvalue weighted by atomic mass is 79.9. The Bertz CT molecular complexity index is 369. The van der Waals surface area contributed by atoms with Crippen molar-refractivity contribution >= 4 is 21.8 Å². The summed E-state index contributed by atoms with van der Waals surface area (Å²) in [6.45, 7) is 1.32. The van der Waals surface area contributed by atoms with Crippen LogP contribution in [0.2, 0.25) is 0 Å². The predicted octanol–water partition coefficient (Wildman–Crippen LogP) is 1.96. The molecule has 1 aromatic heterocycles. The van der Waals surface area contributed by atoms with Gasteiger partial charge >= 0.3 is 0 Å². The van der Waals surface area contributed by atoms with Gasteiger partial charge in [0.2, 0.25) is 0 Å². The maximum Gasteiger partial charge on any atom is 0.294 e. The summed E-state index contributed by atoms with van der Waals surface area (Å²) in [7, 11) is 1.85. The van der Waals surface area contributed by atoms with E-state index in [4.69, 9.17) is 4.84 Å². The normalized spacial score (nSPS) is 16.8. The van der Waals surface area contributed by atoms with Crippen molar-refractivity contribution < 1.29 is 9.63 Å². The molecule has 0 unspecified atom stereocenters. The Morgan fingerprint density at radius 3 is 2.87 bits per heavy atom. The van der Waals surface area contributed by atoms with E-state index in [0.717, 1.165) is 17.3 Å². The van der Waals surface area contributed by atoms with Crippen molar-refractivity contribution in [1.29, 1.82) is 0 Å². The van der Waals surface area contributed by atoms with Crippen LogP contribution in [0.3, 0.4) is 0 Å². The zero-order valence-electron chi connectivity index (χ0n) is 8.57. The van der Waals surface area contributed by atoms with Gasteiger partial charge in [0.25, 0.3) is 5.91 Å². The molecule has 0 bridgehead atoms. The monoisotopic (exact) mass is 272 g/mol. The fourth-order valence-corrected chi connectivity index (χ4v) is 2.15. The number of hydrogen-bond donors (Lipinski definition) is 0. The second kappa shape index (κ2) is 4.37. The van der Waals surface area contributed by atoms with E-state index in [1.54, 1.807) is 10.6 Å². The summed E-state index contributed by atoms with van der Waals surface area (Å²) in [6, 6.07) is 1.81. The van der Waals surface area contributed by atoms with Crippen molar-refractivity contribution in [3.63, 3.8) is 0 Å². The van der Waals surface area contributed by atoms with Crippen LogP contribution >= 0.6 is 15.9 Å². The Kier molecular flexibility index (Phi) is 3.11. The third-order valence-electron chi connectivity index (χ3n) is 2.42. The Morgan fingerprint density at radius 2 is 2.33 bits per heavy atom. The van der Waals surface area contributed by atoms with Crippen LogP contribution in [0, 0.1) is 0 Å². The average Bonchev–Trinajstić information content (AvgIpc) is 2.58. The molecule has 0 spiro atoms. The summed E-state index contributed by atoms with van der Waals surface area (Å²) in [6.07, 6.45) is 3.90. The van der Waals surface area contributed by atoms with E-state index in [2.05, 4.69) is 15.9 Å². The smallest absolute Gasteiger partial charge is 0.294 e. The fraction of sp³-hybridized carbons (Fsp3) is 0.500. The number of aromatic nitrogens is 1. The summed E-state index contributed by atoms with van der Waals surface area (Å²) in [5.74, 6) is -0.0668. The summed E-state index contributed by atoms with van der Waals surface area (Å²) in [4.78, 5) is 17.3. The standard InChI is InChI=1S/C10H13BrN2O2/c1-12-7-8(11)6-9(12)10(14)13-4-2-3-5-15-13/h6-7H,2-5H2,1H3. The number of hydrogen-bond acceptors (Lipinski definition) is 2. The Balaban J connectivity index is 2.16. The van der Waals surface area contributed by atoms with Gasteiger partial charge in [-0.1, -0.05) is 0 Å². The van der Waals surface area contributed by atoms with E-state index < -0.39 is 0 Å². The van der Waals surface area contributed by atoms with Crippen LogP contribution in [0.15, 0.2) is 16.7 Å². The zero-order chi connectivity index (χ0) is 10.8. The molecule has 0 saturated carbocycles. The molecule has 0 radical (unpaired) electrons. The van der Waals surface area contributed by atoms with Crippen LogP contribution < -0.4 is 0 Å². The largest absolute Gasteiger partial charge is 0.345 e. The van der Waals surface area contributed by atoms with Gasteiger partial charge in [-0.3, -0.25) is 9.63 Å². The molecule has 1 aromatic rings. The van der Waals surface area contributed by atoms with Gasteiger partial charge in [-0.15, -0.1) is 0 Å². The average molecular weight is 273 g/mol. The number of aryl methyl sites for hydroxylation is 1. The topological polar surface area (TPSA) is 34.5 Å². The minimum atomic E-state index is -0.0668. The predicted molar refractivity (Wildman–Crippen MR) is 59.3 cm³/mol. The Morgan fingerprint density at radius 1 is 1.53 bits per heavy atom. The highest BCUT2D eigenvalue weighted by Crippen LogP contribution is 2.17. The third kappa shape index (κ3) is 2.23. The van der Waals surface area contributed by atoms with Gasteiger partial charge in [0, 0.05) is 24.3 Å². The number of carbonyl (C=O) groups excluding carboxylic acids is 1. The molecule has 1 amide bonds. The van der Waals surface area contributed by atoms with Crippen molar-refractivity contribution in [2.45, 2.75) is 12.8 Å². The Labute approximate surface area is 96.9 Å².